The maximum absolute atomic E-state index is 5.54. The zero-order chi connectivity index (χ0) is 18.8. The lowest BCUT2D eigenvalue weighted by molar-refractivity contribution is 0.356. The van der Waals surface area contributed by atoms with E-state index in [0.29, 0.717) is 6.04 Å². The lowest BCUT2D eigenvalue weighted by atomic mass is 9.91. The van der Waals surface area contributed by atoms with Gasteiger partial charge in [-0.05, 0) is 77.2 Å². The van der Waals surface area contributed by atoms with E-state index < -0.39 is 0 Å². The summed E-state index contributed by atoms with van der Waals surface area (Å²) >= 11 is 0. The van der Waals surface area contributed by atoms with Gasteiger partial charge in [0.1, 0.15) is 5.75 Å². The van der Waals surface area contributed by atoms with Gasteiger partial charge in [0.2, 0.25) is 0 Å². The highest BCUT2D eigenvalue weighted by Gasteiger charge is 2.17. The first-order chi connectivity index (χ1) is 13.2. The Balaban J connectivity index is 1.92. The third kappa shape index (κ3) is 3.42. The highest BCUT2D eigenvalue weighted by atomic mass is 16.5. The zero-order valence-electron chi connectivity index (χ0n) is 16.3. The molecule has 4 heteroatoms. The van der Waals surface area contributed by atoms with E-state index in [0.717, 1.165) is 35.6 Å². The number of methoxy groups -OCH3 is 3. The highest BCUT2D eigenvalue weighted by molar-refractivity contribution is 6.10. The van der Waals surface area contributed by atoms with Crippen molar-refractivity contribution in [3.8, 4) is 17.2 Å². The SMILES string of the molecule is COc1ccc2c(CC3CCCCN3)cc3cc(OC)c(OC)cc3c2c1. The maximum Gasteiger partial charge on any atom is 0.161 e. The molecule has 1 heterocycles. The van der Waals surface area contributed by atoms with E-state index >= 15 is 0 Å². The van der Waals surface area contributed by atoms with Crippen molar-refractivity contribution in [1.82, 2.24) is 5.32 Å². The Bertz CT molecular complexity index is 961. The van der Waals surface area contributed by atoms with Crippen LogP contribution in [0.25, 0.3) is 21.5 Å². The van der Waals surface area contributed by atoms with Gasteiger partial charge in [-0.3, -0.25) is 0 Å². The van der Waals surface area contributed by atoms with Crippen molar-refractivity contribution in [1.29, 1.82) is 0 Å². The largest absolute Gasteiger partial charge is 0.497 e. The van der Waals surface area contributed by atoms with Crippen molar-refractivity contribution in [3.63, 3.8) is 0 Å². The average molecular weight is 365 g/mol. The number of hydrogen-bond acceptors (Lipinski definition) is 4. The minimum atomic E-state index is 0.543. The summed E-state index contributed by atoms with van der Waals surface area (Å²) in [7, 11) is 5.07. The van der Waals surface area contributed by atoms with E-state index in [2.05, 4.69) is 35.6 Å². The minimum absolute atomic E-state index is 0.543. The van der Waals surface area contributed by atoms with E-state index in [1.165, 1.54) is 41.0 Å². The van der Waals surface area contributed by atoms with E-state index in [1.807, 2.05) is 6.07 Å². The molecule has 27 heavy (non-hydrogen) atoms. The van der Waals surface area contributed by atoms with Crippen LogP contribution in [0.2, 0.25) is 0 Å². The Morgan fingerprint density at radius 1 is 0.852 bits per heavy atom. The predicted molar refractivity (Wildman–Crippen MR) is 110 cm³/mol. The molecule has 0 aliphatic carbocycles. The fraction of sp³-hybridized carbons (Fsp3) is 0.391. The lowest BCUT2D eigenvalue weighted by Crippen LogP contribution is -2.35. The summed E-state index contributed by atoms with van der Waals surface area (Å²) in [5.41, 5.74) is 1.37. The topological polar surface area (TPSA) is 39.7 Å². The molecule has 0 amide bonds. The van der Waals surface area contributed by atoms with E-state index in [4.69, 9.17) is 14.2 Å². The Hall–Kier alpha value is -2.46. The number of fused-ring (bicyclic) bond motifs is 3. The second kappa shape index (κ2) is 7.65. The molecule has 0 radical (unpaired) electrons. The van der Waals surface area contributed by atoms with Gasteiger partial charge in [-0.15, -0.1) is 0 Å². The van der Waals surface area contributed by atoms with Gasteiger partial charge in [-0.2, -0.15) is 0 Å². The normalized spacial score (nSPS) is 17.2. The Labute approximate surface area is 160 Å². The standard InChI is InChI=1S/C23H27NO3/c1-25-18-7-8-19-15(11-17-6-4-5-9-24-17)10-16-12-22(26-2)23(27-3)14-20(16)21(19)13-18/h7-8,10,12-14,17,24H,4-6,9,11H2,1-3H3. The number of hydrogen-bond donors (Lipinski definition) is 1. The summed E-state index contributed by atoms with van der Waals surface area (Å²) in [5.74, 6) is 2.37. The number of piperidine rings is 1. The van der Waals surface area contributed by atoms with Crippen LogP contribution in [0.4, 0.5) is 0 Å². The molecule has 4 rings (SSSR count). The molecule has 3 aromatic rings. The van der Waals surface area contributed by atoms with E-state index in [9.17, 15) is 0 Å². The van der Waals surface area contributed by atoms with Crippen LogP contribution in [0.1, 0.15) is 24.8 Å². The second-order valence-electron chi connectivity index (χ2n) is 7.23. The molecular formula is C23H27NO3. The molecule has 1 aliphatic rings. The van der Waals surface area contributed by atoms with Crippen LogP contribution in [0.15, 0.2) is 36.4 Å². The van der Waals surface area contributed by atoms with Crippen LogP contribution in [-0.2, 0) is 6.42 Å². The molecule has 4 nitrogen and oxygen atoms in total. The molecule has 3 aromatic carbocycles. The third-order valence-corrected chi connectivity index (χ3v) is 5.63. The van der Waals surface area contributed by atoms with Crippen LogP contribution < -0.4 is 19.5 Å². The molecule has 1 unspecified atom stereocenters. The summed E-state index contributed by atoms with van der Waals surface area (Å²) in [5, 5.41) is 8.47. The Morgan fingerprint density at radius 2 is 1.67 bits per heavy atom. The quantitative estimate of drug-likeness (QED) is 0.665. The first kappa shape index (κ1) is 17.9. The molecular weight excluding hydrogens is 338 g/mol. The molecule has 1 fully saturated rings. The fourth-order valence-electron chi connectivity index (χ4n) is 4.20. The average Bonchev–Trinajstić information content (AvgIpc) is 2.73. The number of rotatable bonds is 5. The van der Waals surface area contributed by atoms with Crippen molar-refractivity contribution in [3.05, 3.63) is 42.0 Å². The van der Waals surface area contributed by atoms with Crippen molar-refractivity contribution in [2.75, 3.05) is 27.9 Å². The summed E-state index contributed by atoms with van der Waals surface area (Å²) in [6.07, 6.45) is 4.86. The Kier molecular flexibility index (Phi) is 5.08. The van der Waals surface area contributed by atoms with Crippen LogP contribution in [0.5, 0.6) is 17.2 Å². The minimum Gasteiger partial charge on any atom is -0.497 e. The molecule has 142 valence electrons. The molecule has 0 saturated carbocycles. The summed E-state index contributed by atoms with van der Waals surface area (Å²) in [6.45, 7) is 1.12. The van der Waals surface area contributed by atoms with Crippen molar-refractivity contribution < 1.29 is 14.2 Å². The summed E-state index contributed by atoms with van der Waals surface area (Å²) in [4.78, 5) is 0. The molecule has 1 atom stereocenters. The van der Waals surface area contributed by atoms with Crippen molar-refractivity contribution in [2.24, 2.45) is 0 Å². The number of nitrogens with one attached hydrogen (secondary N) is 1. The summed E-state index contributed by atoms with van der Waals surface area (Å²) in [6, 6.07) is 13.4. The van der Waals surface area contributed by atoms with Crippen LogP contribution in [-0.4, -0.2) is 33.9 Å². The summed E-state index contributed by atoms with van der Waals surface area (Å²) < 4.78 is 16.6. The van der Waals surface area contributed by atoms with Gasteiger partial charge in [0.15, 0.2) is 11.5 Å². The lowest BCUT2D eigenvalue weighted by Gasteiger charge is -2.24. The van der Waals surface area contributed by atoms with Gasteiger partial charge in [-0.1, -0.05) is 18.6 Å². The molecule has 1 N–H and O–H groups in total. The van der Waals surface area contributed by atoms with E-state index in [-0.39, 0.29) is 0 Å². The second-order valence-corrected chi connectivity index (χ2v) is 7.23. The van der Waals surface area contributed by atoms with Gasteiger partial charge < -0.3 is 19.5 Å². The van der Waals surface area contributed by atoms with E-state index in [1.54, 1.807) is 21.3 Å². The molecule has 0 bridgehead atoms. The predicted octanol–water partition coefficient (Wildman–Crippen LogP) is 4.70. The monoisotopic (exact) mass is 365 g/mol. The van der Waals surface area contributed by atoms with Gasteiger partial charge in [-0.25, -0.2) is 0 Å². The smallest absolute Gasteiger partial charge is 0.161 e. The molecule has 1 aliphatic heterocycles. The van der Waals surface area contributed by atoms with Crippen LogP contribution in [0, 0.1) is 0 Å². The van der Waals surface area contributed by atoms with Crippen molar-refractivity contribution in [2.45, 2.75) is 31.7 Å². The van der Waals surface area contributed by atoms with Crippen molar-refractivity contribution >= 4 is 21.5 Å². The first-order valence-electron chi connectivity index (χ1n) is 9.62. The maximum atomic E-state index is 5.54. The fourth-order valence-corrected chi connectivity index (χ4v) is 4.20. The van der Waals surface area contributed by atoms with Crippen LogP contribution in [0.3, 0.4) is 0 Å². The Morgan fingerprint density at radius 3 is 2.37 bits per heavy atom. The van der Waals surface area contributed by atoms with Crippen LogP contribution >= 0.6 is 0 Å². The molecule has 0 spiro atoms. The van der Waals surface area contributed by atoms with Gasteiger partial charge in [0.05, 0.1) is 21.3 Å². The highest BCUT2D eigenvalue weighted by Crippen LogP contribution is 2.38. The molecule has 1 saturated heterocycles. The number of benzene rings is 3. The van der Waals surface area contributed by atoms with Gasteiger partial charge in [0.25, 0.3) is 0 Å². The zero-order valence-corrected chi connectivity index (χ0v) is 16.3. The first-order valence-corrected chi connectivity index (χ1v) is 9.62. The third-order valence-electron chi connectivity index (χ3n) is 5.63. The van der Waals surface area contributed by atoms with Gasteiger partial charge in [0, 0.05) is 6.04 Å². The number of ether oxygens (including phenoxy) is 3. The molecule has 0 aromatic heterocycles. The van der Waals surface area contributed by atoms with Gasteiger partial charge >= 0.3 is 0 Å².